The van der Waals surface area contributed by atoms with Crippen LogP contribution in [0.4, 0.5) is 0 Å². The minimum Gasteiger partial charge on any atom is -0.389 e. The number of aliphatic hydroxyl groups is 1. The third-order valence-electron chi connectivity index (χ3n) is 8.54. The molecule has 0 spiro atoms. The van der Waals surface area contributed by atoms with Gasteiger partial charge in [-0.15, -0.1) is 0 Å². The van der Waals surface area contributed by atoms with E-state index in [0.717, 1.165) is 17.8 Å². The highest BCUT2D eigenvalue weighted by atomic mass is 16.3. The number of aliphatic hydroxyl groups excluding tert-OH is 1. The number of carbonyl (C=O) groups is 1. The van der Waals surface area contributed by atoms with E-state index < -0.39 is 0 Å². The molecule has 6 rings (SSSR count). The van der Waals surface area contributed by atoms with Crippen LogP contribution in [0.5, 0.6) is 0 Å². The Kier molecular flexibility index (Phi) is 3.76. The highest BCUT2D eigenvalue weighted by Crippen LogP contribution is 2.65. The summed E-state index contributed by atoms with van der Waals surface area (Å²) in [5.41, 5.74) is 2.72. The quantitative estimate of drug-likeness (QED) is 0.903. The van der Waals surface area contributed by atoms with E-state index in [1.165, 1.54) is 36.8 Å². The van der Waals surface area contributed by atoms with Crippen molar-refractivity contribution in [1.82, 2.24) is 4.90 Å². The topological polar surface area (TPSA) is 40.5 Å². The lowest BCUT2D eigenvalue weighted by Gasteiger charge is -2.64. The first-order valence-corrected chi connectivity index (χ1v) is 10.5. The monoisotopic (exact) mass is 353 g/mol. The Labute approximate surface area is 156 Å². The van der Waals surface area contributed by atoms with Gasteiger partial charge in [0.15, 0.2) is 0 Å². The molecule has 4 saturated carbocycles. The van der Waals surface area contributed by atoms with Crippen molar-refractivity contribution in [2.75, 3.05) is 13.1 Å². The minimum atomic E-state index is -0.311. The van der Waals surface area contributed by atoms with Crippen LogP contribution in [0.3, 0.4) is 0 Å². The molecular weight excluding hydrogens is 322 g/mol. The summed E-state index contributed by atoms with van der Waals surface area (Å²) in [6, 6.07) is 9.06. The molecule has 4 aliphatic carbocycles. The largest absolute Gasteiger partial charge is 0.389 e. The maximum Gasteiger partial charge on any atom is 0.223 e. The van der Waals surface area contributed by atoms with Gasteiger partial charge in [-0.05, 0) is 67.8 Å². The Morgan fingerprint density at radius 3 is 2.12 bits per heavy atom. The molecule has 1 amide bonds. The Hall–Kier alpha value is -1.35. The summed E-state index contributed by atoms with van der Waals surface area (Å²) in [4.78, 5) is 15.0. The third kappa shape index (κ3) is 2.32. The second-order valence-electron chi connectivity index (χ2n) is 9.75. The SMILES string of the molecule is Cc1ccc(C2(CC(=O)N3CC(O)C3)C3CC4CC2CC(C3)C4C)cc1. The molecule has 3 heteroatoms. The van der Waals surface area contributed by atoms with Crippen molar-refractivity contribution in [3.05, 3.63) is 35.4 Å². The Balaban J connectivity index is 1.52. The van der Waals surface area contributed by atoms with Crippen molar-refractivity contribution < 1.29 is 9.90 Å². The van der Waals surface area contributed by atoms with Gasteiger partial charge in [0.05, 0.1) is 6.10 Å². The van der Waals surface area contributed by atoms with Crippen molar-refractivity contribution in [3.63, 3.8) is 0 Å². The second kappa shape index (κ2) is 5.82. The van der Waals surface area contributed by atoms with E-state index in [9.17, 15) is 9.90 Å². The Morgan fingerprint density at radius 2 is 1.62 bits per heavy atom. The van der Waals surface area contributed by atoms with Gasteiger partial charge in [0, 0.05) is 24.9 Å². The van der Waals surface area contributed by atoms with Crippen LogP contribution < -0.4 is 0 Å². The van der Waals surface area contributed by atoms with Gasteiger partial charge in [0.1, 0.15) is 0 Å². The average Bonchev–Trinajstić information content (AvgIpc) is 2.57. The first-order chi connectivity index (χ1) is 12.5. The van der Waals surface area contributed by atoms with Gasteiger partial charge in [0.2, 0.25) is 5.91 Å². The molecule has 0 unspecified atom stereocenters. The fraction of sp³-hybridized carbons (Fsp3) is 0.696. The summed E-state index contributed by atoms with van der Waals surface area (Å²) in [5.74, 6) is 4.18. The smallest absolute Gasteiger partial charge is 0.223 e. The van der Waals surface area contributed by atoms with Crippen LogP contribution in [-0.2, 0) is 10.2 Å². The standard InChI is InChI=1S/C23H31NO2/c1-14-3-5-18(6-4-14)23(11-22(26)24-12-21(25)13-24)19-7-16-8-20(23)10-17(9-19)15(16)2/h3-6,15-17,19-21,25H,7-13H2,1-2H3. The molecule has 0 radical (unpaired) electrons. The number of carbonyl (C=O) groups excluding carboxylic acids is 1. The van der Waals surface area contributed by atoms with Crippen molar-refractivity contribution in [3.8, 4) is 0 Å². The van der Waals surface area contributed by atoms with E-state index in [0.29, 0.717) is 31.3 Å². The molecule has 1 saturated heterocycles. The molecule has 1 aromatic rings. The molecular formula is C23H31NO2. The van der Waals surface area contributed by atoms with Crippen LogP contribution >= 0.6 is 0 Å². The van der Waals surface area contributed by atoms with Crippen LogP contribution in [0.15, 0.2) is 24.3 Å². The summed E-state index contributed by atoms with van der Waals surface area (Å²) in [6.07, 6.45) is 5.55. The van der Waals surface area contributed by atoms with Crippen molar-refractivity contribution in [2.45, 2.75) is 57.5 Å². The molecule has 0 aromatic heterocycles. The van der Waals surface area contributed by atoms with Gasteiger partial charge in [-0.2, -0.15) is 0 Å². The number of rotatable bonds is 3. The number of hydrogen-bond acceptors (Lipinski definition) is 2. The molecule has 5 fully saturated rings. The second-order valence-corrected chi connectivity index (χ2v) is 9.75. The fourth-order valence-corrected chi connectivity index (χ4v) is 7.01. The van der Waals surface area contributed by atoms with E-state index in [1.807, 2.05) is 4.90 Å². The van der Waals surface area contributed by atoms with Crippen molar-refractivity contribution in [2.24, 2.45) is 29.6 Å². The lowest BCUT2D eigenvalue weighted by molar-refractivity contribution is -0.151. The maximum atomic E-state index is 13.1. The molecule has 1 N–H and O–H groups in total. The van der Waals surface area contributed by atoms with Crippen LogP contribution in [0.2, 0.25) is 0 Å². The van der Waals surface area contributed by atoms with Gasteiger partial charge < -0.3 is 10.0 Å². The van der Waals surface area contributed by atoms with Crippen LogP contribution in [0.25, 0.3) is 0 Å². The van der Waals surface area contributed by atoms with E-state index in [4.69, 9.17) is 0 Å². The summed E-state index contributed by atoms with van der Waals surface area (Å²) >= 11 is 0. The van der Waals surface area contributed by atoms with E-state index in [-0.39, 0.29) is 17.4 Å². The third-order valence-corrected chi connectivity index (χ3v) is 8.54. The molecule has 3 nitrogen and oxygen atoms in total. The van der Waals surface area contributed by atoms with Gasteiger partial charge in [0.25, 0.3) is 0 Å². The first-order valence-electron chi connectivity index (χ1n) is 10.5. The predicted molar refractivity (Wildman–Crippen MR) is 102 cm³/mol. The lowest BCUT2D eigenvalue weighted by atomic mass is 9.41. The molecule has 4 bridgehead atoms. The predicted octanol–water partition coefficient (Wildman–Crippen LogP) is 3.53. The van der Waals surface area contributed by atoms with E-state index in [1.54, 1.807) is 0 Å². The van der Waals surface area contributed by atoms with Crippen molar-refractivity contribution in [1.29, 1.82) is 0 Å². The average molecular weight is 354 g/mol. The van der Waals surface area contributed by atoms with E-state index >= 15 is 0 Å². The zero-order valence-corrected chi connectivity index (χ0v) is 16.0. The molecule has 0 atom stereocenters. The minimum absolute atomic E-state index is 0.0263. The normalized spacial score (nSPS) is 41.3. The number of benzene rings is 1. The summed E-state index contributed by atoms with van der Waals surface area (Å²) in [5, 5.41) is 9.62. The van der Waals surface area contributed by atoms with Gasteiger partial charge in [-0.25, -0.2) is 0 Å². The van der Waals surface area contributed by atoms with E-state index in [2.05, 4.69) is 38.1 Å². The summed E-state index contributed by atoms with van der Waals surface area (Å²) in [7, 11) is 0. The zero-order valence-electron chi connectivity index (χ0n) is 16.0. The highest BCUT2D eigenvalue weighted by molar-refractivity contribution is 5.79. The Bertz CT molecular complexity index is 673. The molecule has 5 aliphatic rings. The molecule has 1 heterocycles. The number of likely N-dealkylation sites (tertiary alicyclic amines) is 1. The number of β-amino-alcohol motifs (C(OH)–C–C–N with tert-alkyl or cyclic N) is 1. The number of hydrogen-bond donors (Lipinski definition) is 1. The van der Waals surface area contributed by atoms with Gasteiger partial charge >= 0.3 is 0 Å². The van der Waals surface area contributed by atoms with Crippen molar-refractivity contribution >= 4 is 5.91 Å². The van der Waals surface area contributed by atoms with Crippen LogP contribution in [0, 0.1) is 36.5 Å². The molecule has 26 heavy (non-hydrogen) atoms. The number of amides is 1. The zero-order chi connectivity index (χ0) is 18.1. The molecule has 1 aliphatic heterocycles. The van der Waals surface area contributed by atoms with Crippen LogP contribution in [-0.4, -0.2) is 35.1 Å². The van der Waals surface area contributed by atoms with Gasteiger partial charge in [-0.1, -0.05) is 36.8 Å². The first kappa shape index (κ1) is 16.8. The molecule has 140 valence electrons. The maximum absolute atomic E-state index is 13.1. The summed E-state index contributed by atoms with van der Waals surface area (Å²) in [6.45, 7) is 5.66. The Morgan fingerprint density at radius 1 is 1.08 bits per heavy atom. The summed E-state index contributed by atoms with van der Waals surface area (Å²) < 4.78 is 0. The molecule has 1 aromatic carbocycles. The van der Waals surface area contributed by atoms with Crippen LogP contribution in [0.1, 0.15) is 50.2 Å². The number of aryl methyl sites for hydroxylation is 1. The van der Waals surface area contributed by atoms with Gasteiger partial charge in [-0.3, -0.25) is 4.79 Å². The number of nitrogens with zero attached hydrogens (tertiary/aromatic N) is 1. The fourth-order valence-electron chi connectivity index (χ4n) is 7.01. The lowest BCUT2D eigenvalue weighted by Crippen LogP contribution is -2.61. The highest BCUT2D eigenvalue weighted by Gasteiger charge is 2.60.